The molecule has 0 aromatic heterocycles. The van der Waals surface area contributed by atoms with Crippen LogP contribution in [0.3, 0.4) is 0 Å². The van der Waals surface area contributed by atoms with Gasteiger partial charge in [-0.15, -0.1) is 0 Å². The van der Waals surface area contributed by atoms with Gasteiger partial charge < -0.3 is 5.32 Å². The lowest BCUT2D eigenvalue weighted by Gasteiger charge is -2.12. The van der Waals surface area contributed by atoms with Crippen molar-refractivity contribution in [2.24, 2.45) is 0 Å². The molecule has 1 atom stereocenters. The molecule has 1 rings (SSSR count). The van der Waals surface area contributed by atoms with Crippen LogP contribution in [0.4, 0.5) is 13.2 Å². The molecular formula is C11H11BrF3NO. The lowest BCUT2D eigenvalue weighted by Crippen LogP contribution is -2.33. The Balaban J connectivity index is 2.89. The molecule has 6 heteroatoms. The van der Waals surface area contributed by atoms with Gasteiger partial charge in [-0.1, -0.05) is 22.0 Å². The summed E-state index contributed by atoms with van der Waals surface area (Å²) in [5, 5.41) is 3.11. The van der Waals surface area contributed by atoms with E-state index in [4.69, 9.17) is 0 Å². The van der Waals surface area contributed by atoms with E-state index in [9.17, 15) is 18.0 Å². The summed E-state index contributed by atoms with van der Waals surface area (Å²) in [6.07, 6.45) is -4.43. The number of carbonyl (C=O) groups is 1. The van der Waals surface area contributed by atoms with Crippen LogP contribution in [0.25, 0.3) is 0 Å². The highest BCUT2D eigenvalue weighted by Gasteiger charge is 2.30. The van der Waals surface area contributed by atoms with Gasteiger partial charge in [-0.3, -0.25) is 4.79 Å². The molecule has 0 saturated carbocycles. The van der Waals surface area contributed by atoms with Gasteiger partial charge in [0, 0.05) is 16.9 Å². The molecule has 1 aromatic rings. The first-order valence-electron chi connectivity index (χ1n) is 4.88. The Morgan fingerprint density at radius 3 is 2.65 bits per heavy atom. The molecule has 1 unspecified atom stereocenters. The first-order valence-corrected chi connectivity index (χ1v) is 6.01. The van der Waals surface area contributed by atoms with Gasteiger partial charge >= 0.3 is 6.18 Å². The van der Waals surface area contributed by atoms with E-state index < -0.39 is 17.6 Å². The van der Waals surface area contributed by atoms with Gasteiger partial charge in [0.25, 0.3) is 5.91 Å². The average molecular weight is 310 g/mol. The Labute approximate surface area is 105 Å². The number of carbonyl (C=O) groups excluding carboxylic acids is 1. The van der Waals surface area contributed by atoms with Gasteiger partial charge in [-0.25, -0.2) is 0 Å². The number of alkyl halides is 4. The number of hydrogen-bond acceptors (Lipinski definition) is 1. The van der Waals surface area contributed by atoms with Crippen molar-refractivity contribution in [3.05, 3.63) is 35.4 Å². The Morgan fingerprint density at radius 1 is 1.47 bits per heavy atom. The third-order valence-electron chi connectivity index (χ3n) is 2.06. The van der Waals surface area contributed by atoms with Crippen molar-refractivity contribution in [3.63, 3.8) is 0 Å². The van der Waals surface area contributed by atoms with E-state index in [0.717, 1.165) is 12.1 Å². The van der Waals surface area contributed by atoms with Crippen molar-refractivity contribution in [3.8, 4) is 0 Å². The zero-order valence-corrected chi connectivity index (χ0v) is 10.6. The van der Waals surface area contributed by atoms with Crippen LogP contribution < -0.4 is 5.32 Å². The first-order chi connectivity index (χ1) is 7.84. The second kappa shape index (κ2) is 5.53. The van der Waals surface area contributed by atoms with Gasteiger partial charge in [-0.2, -0.15) is 13.2 Å². The van der Waals surface area contributed by atoms with Crippen molar-refractivity contribution in [1.29, 1.82) is 0 Å². The Kier molecular flexibility index (Phi) is 4.56. The zero-order chi connectivity index (χ0) is 13.1. The van der Waals surface area contributed by atoms with Crippen LogP contribution in [0.15, 0.2) is 24.3 Å². The van der Waals surface area contributed by atoms with E-state index in [0.29, 0.717) is 5.33 Å². The molecule has 1 N–H and O–H groups in total. The third kappa shape index (κ3) is 4.03. The lowest BCUT2D eigenvalue weighted by molar-refractivity contribution is -0.137. The van der Waals surface area contributed by atoms with Gasteiger partial charge in [0.2, 0.25) is 0 Å². The van der Waals surface area contributed by atoms with E-state index in [-0.39, 0.29) is 11.6 Å². The Hall–Kier alpha value is -1.04. The maximum atomic E-state index is 12.4. The van der Waals surface area contributed by atoms with Crippen LogP contribution in [-0.2, 0) is 6.18 Å². The highest BCUT2D eigenvalue weighted by Crippen LogP contribution is 2.29. The summed E-state index contributed by atoms with van der Waals surface area (Å²) in [4.78, 5) is 11.6. The van der Waals surface area contributed by atoms with Crippen molar-refractivity contribution < 1.29 is 18.0 Å². The van der Waals surface area contributed by atoms with Crippen LogP contribution >= 0.6 is 15.9 Å². The second-order valence-electron chi connectivity index (χ2n) is 3.61. The van der Waals surface area contributed by atoms with Crippen molar-refractivity contribution in [1.82, 2.24) is 5.32 Å². The summed E-state index contributed by atoms with van der Waals surface area (Å²) in [5.74, 6) is -0.511. The van der Waals surface area contributed by atoms with Gasteiger partial charge in [0.1, 0.15) is 0 Å². The monoisotopic (exact) mass is 309 g/mol. The fraction of sp³-hybridized carbons (Fsp3) is 0.364. The fourth-order valence-corrected chi connectivity index (χ4v) is 1.34. The molecule has 17 heavy (non-hydrogen) atoms. The van der Waals surface area contributed by atoms with E-state index >= 15 is 0 Å². The minimum atomic E-state index is -4.43. The van der Waals surface area contributed by atoms with Crippen LogP contribution in [0.2, 0.25) is 0 Å². The first kappa shape index (κ1) is 14.0. The molecule has 0 saturated heterocycles. The molecule has 0 bridgehead atoms. The minimum Gasteiger partial charge on any atom is -0.349 e. The molecular weight excluding hydrogens is 299 g/mol. The number of amides is 1. The molecule has 1 amide bonds. The molecule has 0 spiro atoms. The van der Waals surface area contributed by atoms with Crippen LogP contribution in [-0.4, -0.2) is 17.3 Å². The number of hydrogen-bond donors (Lipinski definition) is 1. The molecule has 0 aliphatic heterocycles. The smallest absolute Gasteiger partial charge is 0.349 e. The summed E-state index contributed by atoms with van der Waals surface area (Å²) in [7, 11) is 0. The predicted molar refractivity (Wildman–Crippen MR) is 62.2 cm³/mol. The highest BCUT2D eigenvalue weighted by atomic mass is 79.9. The summed E-state index contributed by atoms with van der Waals surface area (Å²) in [6.45, 7) is 1.75. The fourth-order valence-electron chi connectivity index (χ4n) is 1.18. The molecule has 0 heterocycles. The summed E-state index contributed by atoms with van der Waals surface area (Å²) >= 11 is 3.17. The van der Waals surface area contributed by atoms with Crippen molar-refractivity contribution >= 4 is 21.8 Å². The molecule has 94 valence electrons. The van der Waals surface area contributed by atoms with E-state index in [2.05, 4.69) is 21.2 Å². The topological polar surface area (TPSA) is 29.1 Å². The third-order valence-corrected chi connectivity index (χ3v) is 3.03. The van der Waals surface area contributed by atoms with E-state index in [1.807, 2.05) is 0 Å². The largest absolute Gasteiger partial charge is 0.416 e. The maximum absolute atomic E-state index is 12.4. The Morgan fingerprint density at radius 2 is 2.12 bits per heavy atom. The summed E-state index contributed by atoms with van der Waals surface area (Å²) < 4.78 is 37.3. The Bertz CT molecular complexity index is 406. The number of halogens is 4. The maximum Gasteiger partial charge on any atom is 0.416 e. The number of benzene rings is 1. The van der Waals surface area contributed by atoms with Gasteiger partial charge in [0.15, 0.2) is 0 Å². The number of nitrogens with one attached hydrogen (secondary N) is 1. The molecule has 0 aliphatic rings. The van der Waals surface area contributed by atoms with E-state index in [1.54, 1.807) is 6.92 Å². The van der Waals surface area contributed by atoms with Crippen LogP contribution in [0.5, 0.6) is 0 Å². The standard InChI is InChI=1S/C11H11BrF3NO/c1-7(6-12)16-10(17)8-3-2-4-9(5-8)11(13,14)15/h2-5,7H,6H2,1H3,(H,16,17). The lowest BCUT2D eigenvalue weighted by atomic mass is 10.1. The SMILES string of the molecule is CC(CBr)NC(=O)c1cccc(C(F)(F)F)c1. The van der Waals surface area contributed by atoms with Gasteiger partial charge in [-0.05, 0) is 25.1 Å². The predicted octanol–water partition coefficient (Wildman–Crippen LogP) is 3.22. The molecule has 0 aliphatic carbocycles. The van der Waals surface area contributed by atoms with Crippen molar-refractivity contribution in [2.45, 2.75) is 19.1 Å². The molecule has 0 radical (unpaired) electrons. The molecule has 0 fully saturated rings. The summed E-state index contributed by atoms with van der Waals surface area (Å²) in [6, 6.07) is 4.21. The average Bonchev–Trinajstić information content (AvgIpc) is 2.28. The second-order valence-corrected chi connectivity index (χ2v) is 4.25. The van der Waals surface area contributed by atoms with Crippen molar-refractivity contribution in [2.75, 3.05) is 5.33 Å². The van der Waals surface area contributed by atoms with Gasteiger partial charge in [0.05, 0.1) is 5.56 Å². The molecule has 1 aromatic carbocycles. The van der Waals surface area contributed by atoms with Crippen LogP contribution in [0, 0.1) is 0 Å². The van der Waals surface area contributed by atoms with E-state index in [1.165, 1.54) is 12.1 Å². The molecule has 2 nitrogen and oxygen atoms in total. The van der Waals surface area contributed by atoms with Crippen LogP contribution in [0.1, 0.15) is 22.8 Å². The quantitative estimate of drug-likeness (QED) is 0.853. The summed E-state index contributed by atoms with van der Waals surface area (Å²) in [5.41, 5.74) is -0.815. The zero-order valence-electron chi connectivity index (χ0n) is 9.01. The number of rotatable bonds is 3. The normalized spacial score (nSPS) is 13.2. The highest BCUT2D eigenvalue weighted by molar-refractivity contribution is 9.09. The minimum absolute atomic E-state index is 0.00706.